The van der Waals surface area contributed by atoms with Crippen molar-refractivity contribution in [2.75, 3.05) is 6.61 Å². The van der Waals surface area contributed by atoms with Crippen LogP contribution >= 0.6 is 0 Å². The van der Waals surface area contributed by atoms with E-state index in [1.807, 2.05) is 0 Å². The first kappa shape index (κ1) is 37.7. The van der Waals surface area contributed by atoms with Gasteiger partial charge in [0.2, 0.25) is 0 Å². The lowest BCUT2D eigenvalue weighted by Crippen LogP contribution is -2.65. The molecular weight excluding hydrogens is 676 g/mol. The van der Waals surface area contributed by atoms with E-state index in [0.29, 0.717) is 48.3 Å². The molecule has 294 valence electrons. The van der Waals surface area contributed by atoms with Crippen LogP contribution in [-0.4, -0.2) is 123 Å². The summed E-state index contributed by atoms with van der Waals surface area (Å²) in [4.78, 5) is 12.0. The maximum atomic E-state index is 12.0. The van der Waals surface area contributed by atoms with Gasteiger partial charge < -0.3 is 59.1 Å². The summed E-state index contributed by atoms with van der Waals surface area (Å²) in [5, 5.41) is 62.6. The number of carbonyl (C=O) groups is 1. The van der Waals surface area contributed by atoms with E-state index < -0.39 is 73.2 Å². The molecule has 52 heavy (non-hydrogen) atoms. The third-order valence-electron chi connectivity index (χ3n) is 15.5. The number of aliphatic carboxylic acids is 1. The van der Waals surface area contributed by atoms with Crippen LogP contribution in [0.2, 0.25) is 0 Å². The highest BCUT2D eigenvalue weighted by molar-refractivity contribution is 5.73. The number of fused-ring (bicyclic) bond motifs is 7. The molecule has 4 saturated heterocycles. The molecule has 4 aliphatic carbocycles. The molecule has 0 radical (unpaired) electrons. The highest BCUT2D eigenvalue weighted by Crippen LogP contribution is 2.70. The van der Waals surface area contributed by atoms with E-state index in [1.54, 1.807) is 0 Å². The van der Waals surface area contributed by atoms with Gasteiger partial charge in [-0.1, -0.05) is 39.3 Å². The molecule has 7 fully saturated rings. The number of rotatable bonds is 5. The highest BCUT2D eigenvalue weighted by Gasteiger charge is 2.69. The van der Waals surface area contributed by atoms with Gasteiger partial charge >= 0.3 is 5.97 Å². The molecule has 0 aromatic carbocycles. The maximum absolute atomic E-state index is 12.0. The van der Waals surface area contributed by atoms with Gasteiger partial charge in [0.05, 0.1) is 24.9 Å². The number of allylic oxidation sites excluding steroid dienone is 1. The van der Waals surface area contributed by atoms with E-state index >= 15 is 0 Å². The lowest BCUT2D eigenvalue weighted by atomic mass is 9.47. The average Bonchev–Trinajstić information content (AvgIpc) is 3.56. The second kappa shape index (κ2) is 13.5. The Bertz CT molecular complexity index is 1380. The quantitative estimate of drug-likeness (QED) is 0.226. The Morgan fingerprint density at radius 2 is 1.62 bits per heavy atom. The summed E-state index contributed by atoms with van der Waals surface area (Å²) in [6, 6.07) is 0. The molecule has 0 unspecified atom stereocenters. The largest absolute Gasteiger partial charge is 0.479 e. The van der Waals surface area contributed by atoms with Crippen LogP contribution in [0.25, 0.3) is 0 Å². The molecule has 0 bridgehead atoms. The zero-order chi connectivity index (χ0) is 37.1. The summed E-state index contributed by atoms with van der Waals surface area (Å²) in [6.07, 6.45) is -4.33. The van der Waals surface area contributed by atoms with Crippen LogP contribution in [0.4, 0.5) is 0 Å². The van der Waals surface area contributed by atoms with Gasteiger partial charge in [-0.3, -0.25) is 0 Å². The van der Waals surface area contributed by atoms with Gasteiger partial charge in [-0.25, -0.2) is 4.79 Å². The summed E-state index contributed by atoms with van der Waals surface area (Å²) in [7, 11) is 0. The molecule has 4 aliphatic heterocycles. The van der Waals surface area contributed by atoms with E-state index in [9.17, 15) is 35.4 Å². The van der Waals surface area contributed by atoms with Crippen molar-refractivity contribution in [3.05, 3.63) is 11.6 Å². The second-order valence-electron chi connectivity index (χ2n) is 18.3. The van der Waals surface area contributed by atoms with Crippen LogP contribution in [0.3, 0.4) is 0 Å². The molecule has 0 aromatic heterocycles. The number of hydrogen-bond acceptors (Lipinski definition) is 12. The Labute approximate surface area is 305 Å². The summed E-state index contributed by atoms with van der Waals surface area (Å²) in [5.74, 6) is 1.25. The molecule has 1 spiro atoms. The van der Waals surface area contributed by atoms with Crippen LogP contribution < -0.4 is 0 Å². The Morgan fingerprint density at radius 1 is 0.846 bits per heavy atom. The van der Waals surface area contributed by atoms with Crippen LogP contribution in [0.5, 0.6) is 0 Å². The van der Waals surface area contributed by atoms with Crippen molar-refractivity contribution < 1.29 is 63.9 Å². The molecule has 6 N–H and O–H groups in total. The van der Waals surface area contributed by atoms with E-state index in [1.165, 1.54) is 18.9 Å². The van der Waals surface area contributed by atoms with Crippen LogP contribution in [0, 0.1) is 46.3 Å². The fourth-order valence-electron chi connectivity index (χ4n) is 12.5. The maximum Gasteiger partial charge on any atom is 0.335 e. The van der Waals surface area contributed by atoms with Crippen molar-refractivity contribution >= 4 is 5.97 Å². The Hall–Kier alpha value is -1.23. The van der Waals surface area contributed by atoms with Crippen LogP contribution in [0.15, 0.2) is 11.6 Å². The SMILES string of the molecule is C[C@H]1CC[C@@]2(OC1)O[C@H]1C[C@H]3[C@@H]4CC=C5C[C@@H](O[C@@H]6O[C@H](C(=O)O)[C@@H](O)[C@H](O)[C@H]6O[C@@H]6O[C@@H](C)[C@H](O)[C@@H](O)[C@H]6O)CC[C@]5(C)[C@H]4CC[C@]3(C)[C@H]1[C@@H]2C. The Morgan fingerprint density at radius 3 is 2.33 bits per heavy atom. The van der Waals surface area contributed by atoms with Crippen molar-refractivity contribution in [2.24, 2.45) is 46.3 Å². The molecule has 8 rings (SSSR count). The van der Waals surface area contributed by atoms with E-state index in [0.717, 1.165) is 45.1 Å². The Kier molecular flexibility index (Phi) is 9.76. The van der Waals surface area contributed by atoms with Gasteiger partial charge in [-0.15, -0.1) is 0 Å². The molecule has 13 nitrogen and oxygen atoms in total. The van der Waals surface area contributed by atoms with Crippen molar-refractivity contribution in [3.8, 4) is 0 Å². The molecule has 3 saturated carbocycles. The summed E-state index contributed by atoms with van der Waals surface area (Å²) in [6.45, 7) is 11.9. The third kappa shape index (κ3) is 5.78. The third-order valence-corrected chi connectivity index (χ3v) is 15.5. The summed E-state index contributed by atoms with van der Waals surface area (Å²) >= 11 is 0. The van der Waals surface area contributed by atoms with Crippen LogP contribution in [-0.2, 0) is 33.2 Å². The van der Waals surface area contributed by atoms with Gasteiger partial charge in [-0.2, -0.15) is 0 Å². The van der Waals surface area contributed by atoms with Crippen LogP contribution in [0.1, 0.15) is 92.4 Å². The number of aliphatic hydroxyl groups excluding tert-OH is 5. The van der Waals surface area contributed by atoms with Gasteiger partial charge in [-0.05, 0) is 98.7 Å². The van der Waals surface area contributed by atoms with Crippen molar-refractivity contribution in [1.82, 2.24) is 0 Å². The number of ether oxygens (including phenoxy) is 6. The van der Waals surface area contributed by atoms with Crippen molar-refractivity contribution in [3.63, 3.8) is 0 Å². The molecule has 21 atom stereocenters. The van der Waals surface area contributed by atoms with E-state index in [4.69, 9.17) is 28.4 Å². The minimum atomic E-state index is -1.85. The first-order chi connectivity index (χ1) is 24.6. The lowest BCUT2D eigenvalue weighted by molar-refractivity contribution is -0.366. The number of hydrogen-bond donors (Lipinski definition) is 6. The fraction of sp³-hybridized carbons (Fsp3) is 0.923. The smallest absolute Gasteiger partial charge is 0.335 e. The first-order valence-electron chi connectivity index (χ1n) is 19.8. The Balaban J connectivity index is 0.973. The topological polar surface area (TPSA) is 194 Å². The second-order valence-corrected chi connectivity index (χ2v) is 18.3. The van der Waals surface area contributed by atoms with Gasteiger partial charge in [0.15, 0.2) is 24.5 Å². The predicted molar refractivity (Wildman–Crippen MR) is 182 cm³/mol. The lowest BCUT2D eigenvalue weighted by Gasteiger charge is -2.58. The average molecular weight is 737 g/mol. The zero-order valence-electron chi connectivity index (χ0n) is 31.1. The van der Waals surface area contributed by atoms with Gasteiger partial charge in [0.25, 0.3) is 0 Å². The number of carboxylic acid groups (broad SMARTS) is 1. The van der Waals surface area contributed by atoms with Gasteiger partial charge in [0, 0.05) is 12.3 Å². The minimum Gasteiger partial charge on any atom is -0.479 e. The standard InChI is InChI=1S/C39H60O13/c1-17-8-13-39(47-16-17)18(2)26-25(52-39)15-24-22-7-6-20-14-21(9-11-37(20,4)23(22)10-12-38(24,26)5)49-36-33(30(43)29(42)32(50-36)34(45)46)51-35-31(44)28(41)27(40)19(3)48-35/h6,17-19,21-33,35-36,40-44H,7-16H2,1-5H3,(H,45,46)/t17-,18-,19-,21-,22+,23-,24-,25-,26-,27-,28+,29-,30-,31+,32-,33+,35-,36+,37-,38-,39+/m0/s1. The molecule has 0 aromatic rings. The summed E-state index contributed by atoms with van der Waals surface area (Å²) < 4.78 is 37.1. The predicted octanol–water partition coefficient (Wildman–Crippen LogP) is 2.48. The van der Waals surface area contributed by atoms with Crippen molar-refractivity contribution in [1.29, 1.82) is 0 Å². The molecule has 13 heteroatoms. The minimum absolute atomic E-state index is 0.00604. The first-order valence-corrected chi connectivity index (χ1v) is 19.8. The van der Waals surface area contributed by atoms with E-state index in [2.05, 4.69) is 33.8 Å². The fourth-order valence-corrected chi connectivity index (χ4v) is 12.5. The zero-order valence-corrected chi connectivity index (χ0v) is 31.1. The van der Waals surface area contributed by atoms with Crippen molar-refractivity contribution in [2.45, 2.75) is 172 Å². The molecule has 8 aliphatic rings. The number of aliphatic hydroxyl groups is 5. The molecule has 4 heterocycles. The number of carboxylic acids is 1. The van der Waals surface area contributed by atoms with E-state index in [-0.39, 0.29) is 23.0 Å². The summed E-state index contributed by atoms with van der Waals surface area (Å²) in [5.41, 5.74) is 1.54. The normalized spacial score (nSPS) is 57.4. The molecule has 0 amide bonds. The van der Waals surface area contributed by atoms with Gasteiger partial charge in [0.1, 0.15) is 36.6 Å². The highest BCUT2D eigenvalue weighted by atomic mass is 16.8. The monoisotopic (exact) mass is 736 g/mol. The molecular formula is C39H60O13.